The summed E-state index contributed by atoms with van der Waals surface area (Å²) < 4.78 is 18.7. The number of carbonyl (C=O) groups is 4. The summed E-state index contributed by atoms with van der Waals surface area (Å²) in [5.74, 6) is -3.61. The van der Waals surface area contributed by atoms with Crippen LogP contribution in [0.3, 0.4) is 0 Å². The van der Waals surface area contributed by atoms with Gasteiger partial charge in [-0.15, -0.1) is 0 Å². The molecule has 0 aromatic heterocycles. The van der Waals surface area contributed by atoms with E-state index in [-0.39, 0.29) is 50.4 Å². The molecular formula is C39H47N3O8. The first-order chi connectivity index (χ1) is 24.2. The zero-order chi connectivity index (χ0) is 35.4. The number of anilines is 1. The number of amides is 3. The molecule has 2 aromatic rings. The summed E-state index contributed by atoms with van der Waals surface area (Å²) in [6.45, 7) is 4.57. The van der Waals surface area contributed by atoms with E-state index >= 15 is 0 Å². The molecule has 0 aliphatic carbocycles. The van der Waals surface area contributed by atoms with E-state index < -0.39 is 47.7 Å². The molecule has 4 aliphatic rings. The third-order valence-electron chi connectivity index (χ3n) is 10.3. The van der Waals surface area contributed by atoms with Crippen LogP contribution in [0.5, 0.6) is 0 Å². The van der Waals surface area contributed by atoms with Gasteiger partial charge in [0.1, 0.15) is 23.7 Å². The number of hydrogen-bond donors (Lipinski definition) is 2. The number of methoxy groups -OCH3 is 1. The molecule has 0 bridgehead atoms. The number of aliphatic hydroxyl groups is 1. The van der Waals surface area contributed by atoms with Gasteiger partial charge in [-0.1, -0.05) is 66.8 Å². The summed E-state index contributed by atoms with van der Waals surface area (Å²) in [5.41, 5.74) is 1.89. The lowest BCUT2D eigenvalue weighted by Gasteiger charge is -2.36. The van der Waals surface area contributed by atoms with E-state index in [1.54, 1.807) is 22.0 Å². The lowest BCUT2D eigenvalue weighted by atomic mass is 9.77. The number of benzene rings is 2. The summed E-state index contributed by atoms with van der Waals surface area (Å²) in [5, 5.41) is 12.4. The van der Waals surface area contributed by atoms with E-state index in [0.717, 1.165) is 16.8 Å². The Morgan fingerprint density at radius 2 is 1.80 bits per heavy atom. The number of hydrogen-bond acceptors (Lipinski definition) is 8. The number of nitrogens with zero attached hydrogens (tertiary/aromatic N) is 2. The summed E-state index contributed by atoms with van der Waals surface area (Å²) in [4.78, 5) is 60.5. The number of ether oxygens (including phenoxy) is 3. The molecule has 3 amide bonds. The van der Waals surface area contributed by atoms with Crippen molar-refractivity contribution in [2.24, 2.45) is 11.8 Å². The Morgan fingerprint density at radius 1 is 1.00 bits per heavy atom. The fraction of sp³-hybridized carbons (Fsp3) is 0.487. The molecule has 2 N–H and O–H groups in total. The Kier molecular flexibility index (Phi) is 10.9. The van der Waals surface area contributed by atoms with Crippen molar-refractivity contribution in [3.8, 4) is 0 Å². The van der Waals surface area contributed by atoms with Crippen LogP contribution in [-0.4, -0.2) is 90.9 Å². The minimum absolute atomic E-state index is 0.0319. The normalized spacial score (nSPS) is 30.4. The number of aryl methyl sites for hydroxylation is 2. The van der Waals surface area contributed by atoms with Gasteiger partial charge in [-0.3, -0.25) is 19.2 Å². The number of aliphatic hydroxyl groups excluding tert-OH is 1. The van der Waals surface area contributed by atoms with E-state index in [1.807, 2.05) is 74.5 Å². The molecule has 0 unspecified atom stereocenters. The van der Waals surface area contributed by atoms with Crippen LogP contribution >= 0.6 is 0 Å². The standard InChI is InChI=1S/C39H47N3O8/c1-25-17-18-26(2)29(23-25)41-21-12-19-39-33(36(45)42(35(39)37(41)46)20-10-5-11-22-43)32-30(50-39)15-8-9-16-31(44)40-28(24-48-3)34(49-38(32)47)27-13-6-4-7-14-27/h4,6-8,12-15,17-19,23,28,30,32-35,43H,5,9-11,16,20-22,24H2,1-3H3,(H,40,44)/b15-8-/t28-,30-,32+,33+,34-,35-,39+/m1/s1. The molecule has 11 heteroatoms. The third-order valence-corrected chi connectivity index (χ3v) is 10.3. The van der Waals surface area contributed by atoms with E-state index in [4.69, 9.17) is 14.2 Å². The molecule has 11 nitrogen and oxygen atoms in total. The first-order valence-corrected chi connectivity index (χ1v) is 17.6. The number of rotatable bonds is 9. The monoisotopic (exact) mass is 685 g/mol. The molecule has 2 saturated heterocycles. The minimum Gasteiger partial charge on any atom is -0.455 e. The van der Waals surface area contributed by atoms with Gasteiger partial charge < -0.3 is 34.4 Å². The number of likely N-dealkylation sites (tertiary alicyclic amines) is 1. The highest BCUT2D eigenvalue weighted by Gasteiger charge is 2.71. The fourth-order valence-corrected chi connectivity index (χ4v) is 7.93. The van der Waals surface area contributed by atoms with Crippen molar-refractivity contribution < 1.29 is 38.5 Å². The second kappa shape index (κ2) is 15.3. The number of carbonyl (C=O) groups excluding carboxylic acids is 4. The Hall–Kier alpha value is -4.32. The number of nitrogens with one attached hydrogen (secondary N) is 1. The van der Waals surface area contributed by atoms with Crippen molar-refractivity contribution in [2.75, 3.05) is 38.3 Å². The van der Waals surface area contributed by atoms with Crippen LogP contribution in [0.25, 0.3) is 0 Å². The number of esters is 1. The second-order valence-corrected chi connectivity index (χ2v) is 13.7. The molecule has 0 saturated carbocycles. The van der Waals surface area contributed by atoms with Crippen LogP contribution in [0.15, 0.2) is 72.8 Å². The molecular weight excluding hydrogens is 638 g/mol. The van der Waals surface area contributed by atoms with Gasteiger partial charge in [-0.05, 0) is 62.3 Å². The maximum absolute atomic E-state index is 14.9. The zero-order valence-electron chi connectivity index (χ0n) is 29.0. The maximum Gasteiger partial charge on any atom is 0.313 e. The van der Waals surface area contributed by atoms with Crippen molar-refractivity contribution in [3.63, 3.8) is 0 Å². The van der Waals surface area contributed by atoms with Crippen LogP contribution in [0, 0.1) is 25.7 Å². The molecule has 0 radical (unpaired) electrons. The Labute approximate surface area is 293 Å². The van der Waals surface area contributed by atoms with E-state index in [9.17, 15) is 24.3 Å². The molecule has 4 aliphatic heterocycles. The molecule has 1 spiro atoms. The highest BCUT2D eigenvalue weighted by molar-refractivity contribution is 6.06. The molecule has 266 valence electrons. The number of unbranched alkanes of at least 4 members (excludes halogenated alkanes) is 2. The summed E-state index contributed by atoms with van der Waals surface area (Å²) in [7, 11) is 1.52. The number of allylic oxidation sites excluding steroid dienone is 1. The van der Waals surface area contributed by atoms with Crippen LogP contribution in [-0.2, 0) is 33.4 Å². The Bertz CT molecular complexity index is 1640. The van der Waals surface area contributed by atoms with Gasteiger partial charge in [-0.25, -0.2) is 0 Å². The van der Waals surface area contributed by atoms with Crippen LogP contribution in [0.4, 0.5) is 5.69 Å². The lowest BCUT2D eigenvalue weighted by Crippen LogP contribution is -2.55. The van der Waals surface area contributed by atoms with E-state index in [0.29, 0.717) is 31.2 Å². The minimum atomic E-state index is -1.45. The van der Waals surface area contributed by atoms with Gasteiger partial charge in [0.15, 0.2) is 0 Å². The largest absolute Gasteiger partial charge is 0.455 e. The SMILES string of the molecule is COC[C@H]1NC(=O)CC/C=C\[C@H]2O[C@]34C=CCN(c5cc(C)ccc5C)C(=O)[C@H]3N(CCCCCO)C(=O)[C@@H]4[C@H]2C(=O)O[C@@H]1c1ccccc1. The summed E-state index contributed by atoms with van der Waals surface area (Å²) >= 11 is 0. The Balaban J connectivity index is 1.44. The first kappa shape index (κ1) is 35.5. The lowest BCUT2D eigenvalue weighted by molar-refractivity contribution is -0.162. The predicted octanol–water partition coefficient (Wildman–Crippen LogP) is 3.72. The fourth-order valence-electron chi connectivity index (χ4n) is 7.93. The molecule has 2 aromatic carbocycles. The smallest absolute Gasteiger partial charge is 0.313 e. The van der Waals surface area contributed by atoms with E-state index in [2.05, 4.69) is 5.32 Å². The molecule has 2 fully saturated rings. The van der Waals surface area contributed by atoms with Gasteiger partial charge in [0.2, 0.25) is 11.8 Å². The maximum atomic E-state index is 14.9. The average molecular weight is 686 g/mol. The van der Waals surface area contributed by atoms with Crippen molar-refractivity contribution in [3.05, 3.63) is 89.5 Å². The van der Waals surface area contributed by atoms with Crippen LogP contribution in [0.1, 0.15) is 54.9 Å². The number of cyclic esters (lactones) is 1. The highest BCUT2D eigenvalue weighted by Crippen LogP contribution is 2.53. The van der Waals surface area contributed by atoms with Crippen molar-refractivity contribution in [1.82, 2.24) is 10.2 Å². The van der Waals surface area contributed by atoms with Crippen LogP contribution < -0.4 is 10.2 Å². The topological polar surface area (TPSA) is 135 Å². The van der Waals surface area contributed by atoms with Crippen LogP contribution in [0.2, 0.25) is 0 Å². The number of fused-ring (bicyclic) bond motifs is 2. The molecule has 50 heavy (non-hydrogen) atoms. The van der Waals surface area contributed by atoms with Crippen molar-refractivity contribution in [1.29, 1.82) is 0 Å². The quantitative estimate of drug-likeness (QED) is 0.232. The van der Waals surface area contributed by atoms with E-state index in [1.165, 1.54) is 7.11 Å². The molecule has 7 atom stereocenters. The van der Waals surface area contributed by atoms with Gasteiger partial charge in [0.25, 0.3) is 5.91 Å². The summed E-state index contributed by atoms with van der Waals surface area (Å²) in [6, 6.07) is 13.4. The second-order valence-electron chi connectivity index (χ2n) is 13.7. The highest BCUT2D eigenvalue weighted by atomic mass is 16.6. The zero-order valence-corrected chi connectivity index (χ0v) is 29.0. The molecule has 4 heterocycles. The predicted molar refractivity (Wildman–Crippen MR) is 186 cm³/mol. The van der Waals surface area contributed by atoms with Gasteiger partial charge >= 0.3 is 5.97 Å². The van der Waals surface area contributed by atoms with Crippen molar-refractivity contribution in [2.45, 2.75) is 75.8 Å². The summed E-state index contributed by atoms with van der Waals surface area (Å²) in [6.07, 6.45) is 7.77. The third kappa shape index (κ3) is 6.74. The van der Waals surface area contributed by atoms with Gasteiger partial charge in [0.05, 0.1) is 24.7 Å². The first-order valence-electron chi connectivity index (χ1n) is 17.6. The molecule has 6 rings (SSSR count). The van der Waals surface area contributed by atoms with Crippen molar-refractivity contribution >= 4 is 29.4 Å². The van der Waals surface area contributed by atoms with Gasteiger partial charge in [0, 0.05) is 38.9 Å². The van der Waals surface area contributed by atoms with Gasteiger partial charge in [-0.2, -0.15) is 0 Å². The average Bonchev–Trinajstić information content (AvgIpc) is 3.49. The Morgan fingerprint density at radius 3 is 2.56 bits per heavy atom.